The summed E-state index contributed by atoms with van der Waals surface area (Å²) in [4.78, 5) is 24.6. The zero-order valence-electron chi connectivity index (χ0n) is 10.9. The fraction of sp³-hybridized carbons (Fsp3) is 0.429. The van der Waals surface area contributed by atoms with E-state index >= 15 is 0 Å². The zero-order chi connectivity index (χ0) is 14.6. The average molecular weight is 282 g/mol. The smallest absolute Gasteiger partial charge is 0.265 e. The van der Waals surface area contributed by atoms with E-state index in [2.05, 4.69) is 5.32 Å². The summed E-state index contributed by atoms with van der Waals surface area (Å²) in [5.74, 6) is -3.69. The van der Waals surface area contributed by atoms with Crippen molar-refractivity contribution in [1.82, 2.24) is 10.2 Å². The van der Waals surface area contributed by atoms with Crippen LogP contribution in [-0.2, 0) is 4.79 Å². The van der Waals surface area contributed by atoms with Gasteiger partial charge in [-0.3, -0.25) is 9.59 Å². The van der Waals surface area contributed by atoms with Gasteiger partial charge in [0.2, 0.25) is 5.91 Å². The number of carbonyl (C=O) groups is 2. The number of benzene rings is 1. The van der Waals surface area contributed by atoms with Crippen LogP contribution in [0.2, 0.25) is 0 Å². The lowest BCUT2D eigenvalue weighted by Gasteiger charge is -2.32. The van der Waals surface area contributed by atoms with E-state index in [9.17, 15) is 18.4 Å². The number of nitrogens with one attached hydrogen (secondary N) is 1. The second-order valence-electron chi connectivity index (χ2n) is 4.82. The molecule has 1 aliphatic heterocycles. The Kier molecular flexibility index (Phi) is 4.32. The number of amides is 2. The molecular weight excluding hydrogens is 266 g/mol. The maximum absolute atomic E-state index is 13.2. The third kappa shape index (κ3) is 3.76. The number of hydrogen-bond acceptors (Lipinski definition) is 2. The van der Waals surface area contributed by atoms with E-state index < -0.39 is 18.4 Å². The van der Waals surface area contributed by atoms with Gasteiger partial charge in [0, 0.05) is 18.5 Å². The first-order chi connectivity index (χ1) is 9.48. The lowest BCUT2D eigenvalue weighted by Crippen LogP contribution is -2.49. The molecule has 0 aliphatic carbocycles. The molecular formula is C14H16F2N2O2. The van der Waals surface area contributed by atoms with Gasteiger partial charge in [0.25, 0.3) is 11.8 Å². The second kappa shape index (κ2) is 5.98. The highest BCUT2D eigenvalue weighted by Gasteiger charge is 2.36. The number of hydrogen-bond donors (Lipinski definition) is 1. The van der Waals surface area contributed by atoms with Gasteiger partial charge in [-0.15, -0.1) is 0 Å². The fourth-order valence-electron chi connectivity index (χ4n) is 2.14. The normalized spacial score (nSPS) is 17.6. The van der Waals surface area contributed by atoms with Crippen molar-refractivity contribution < 1.29 is 18.4 Å². The van der Waals surface area contributed by atoms with Crippen LogP contribution in [0.4, 0.5) is 8.78 Å². The number of alkyl halides is 2. The summed E-state index contributed by atoms with van der Waals surface area (Å²) in [5.41, 5.74) is 0.435. The van der Waals surface area contributed by atoms with Crippen molar-refractivity contribution >= 4 is 11.8 Å². The molecule has 0 bridgehead atoms. The van der Waals surface area contributed by atoms with Gasteiger partial charge in [-0.25, -0.2) is 8.78 Å². The van der Waals surface area contributed by atoms with E-state index in [1.807, 2.05) is 0 Å². The Morgan fingerprint density at radius 1 is 1.25 bits per heavy atom. The number of nitrogens with zero attached hydrogens (tertiary/aromatic N) is 1. The van der Waals surface area contributed by atoms with Crippen LogP contribution >= 0.6 is 0 Å². The third-order valence-corrected chi connectivity index (χ3v) is 3.18. The predicted octanol–water partition coefficient (Wildman–Crippen LogP) is 1.67. The summed E-state index contributed by atoms with van der Waals surface area (Å²) in [7, 11) is 0. The van der Waals surface area contributed by atoms with E-state index in [0.29, 0.717) is 12.1 Å². The first-order valence-electron chi connectivity index (χ1n) is 6.47. The van der Waals surface area contributed by atoms with Crippen LogP contribution in [0, 0.1) is 0 Å². The maximum atomic E-state index is 13.2. The van der Waals surface area contributed by atoms with Gasteiger partial charge in [0.1, 0.15) is 0 Å². The van der Waals surface area contributed by atoms with E-state index in [0.717, 1.165) is 4.90 Å². The lowest BCUT2D eigenvalue weighted by molar-refractivity contribution is -0.140. The molecule has 1 aliphatic rings. The first-order valence-corrected chi connectivity index (χ1v) is 6.47. The number of rotatable bonds is 3. The van der Waals surface area contributed by atoms with Gasteiger partial charge in [-0.1, -0.05) is 18.2 Å². The molecule has 1 saturated heterocycles. The molecule has 1 heterocycles. The Hall–Kier alpha value is -1.98. The van der Waals surface area contributed by atoms with Gasteiger partial charge in [-0.05, 0) is 18.6 Å². The molecule has 1 aromatic carbocycles. The van der Waals surface area contributed by atoms with Crippen LogP contribution in [0.3, 0.4) is 0 Å². The largest absolute Gasteiger partial charge is 0.343 e. The Bertz CT molecular complexity index is 491. The Morgan fingerprint density at radius 2 is 1.95 bits per heavy atom. The quantitative estimate of drug-likeness (QED) is 0.917. The van der Waals surface area contributed by atoms with Crippen LogP contribution in [0.5, 0.6) is 0 Å². The summed E-state index contributed by atoms with van der Waals surface area (Å²) in [6.07, 6.45) is 0.0958. The maximum Gasteiger partial charge on any atom is 0.265 e. The molecule has 0 saturated carbocycles. The van der Waals surface area contributed by atoms with Crippen LogP contribution < -0.4 is 5.32 Å². The molecule has 2 rings (SSSR count). The molecule has 108 valence electrons. The van der Waals surface area contributed by atoms with Gasteiger partial charge in [-0.2, -0.15) is 0 Å². The zero-order valence-corrected chi connectivity index (χ0v) is 10.9. The lowest BCUT2D eigenvalue weighted by atomic mass is 10.1. The molecule has 1 fully saturated rings. The Labute approximate surface area is 115 Å². The first kappa shape index (κ1) is 14.4. The van der Waals surface area contributed by atoms with Crippen LogP contribution in [0.1, 0.15) is 23.2 Å². The van der Waals surface area contributed by atoms with Crippen molar-refractivity contribution in [1.29, 1.82) is 0 Å². The van der Waals surface area contributed by atoms with Crippen molar-refractivity contribution in [2.75, 3.05) is 19.6 Å². The van der Waals surface area contributed by atoms with E-state index in [1.165, 1.54) is 0 Å². The van der Waals surface area contributed by atoms with Crippen molar-refractivity contribution in [2.45, 2.75) is 18.8 Å². The van der Waals surface area contributed by atoms with Gasteiger partial charge in [0.05, 0.1) is 13.1 Å². The highest BCUT2D eigenvalue weighted by molar-refractivity contribution is 5.96. The molecule has 0 aromatic heterocycles. The second-order valence-corrected chi connectivity index (χ2v) is 4.82. The highest BCUT2D eigenvalue weighted by atomic mass is 19.3. The molecule has 0 spiro atoms. The van der Waals surface area contributed by atoms with Gasteiger partial charge in [0.15, 0.2) is 0 Å². The molecule has 4 nitrogen and oxygen atoms in total. The summed E-state index contributed by atoms with van der Waals surface area (Å²) in [6.45, 7) is -0.507. The minimum Gasteiger partial charge on any atom is -0.343 e. The van der Waals surface area contributed by atoms with Gasteiger partial charge >= 0.3 is 0 Å². The number of carbonyl (C=O) groups excluding carboxylic acids is 2. The topological polar surface area (TPSA) is 49.4 Å². The third-order valence-electron chi connectivity index (χ3n) is 3.18. The minimum absolute atomic E-state index is 0.187. The molecule has 20 heavy (non-hydrogen) atoms. The molecule has 1 aromatic rings. The minimum atomic E-state index is -2.82. The summed E-state index contributed by atoms with van der Waals surface area (Å²) in [6, 6.07) is 8.44. The SMILES string of the molecule is O=C(NCC(=O)N1CCCC(F)(F)C1)c1ccccc1. The monoisotopic (exact) mass is 282 g/mol. The molecule has 0 atom stereocenters. The molecule has 2 amide bonds. The van der Waals surface area contributed by atoms with Crippen LogP contribution in [0.15, 0.2) is 30.3 Å². The van der Waals surface area contributed by atoms with Crippen molar-refractivity contribution in [2.24, 2.45) is 0 Å². The van der Waals surface area contributed by atoms with Crippen molar-refractivity contribution in [3.05, 3.63) is 35.9 Å². The molecule has 1 N–H and O–H groups in total. The molecule has 6 heteroatoms. The summed E-state index contributed by atoms with van der Waals surface area (Å²) < 4.78 is 26.4. The fourth-order valence-corrected chi connectivity index (χ4v) is 2.14. The Balaban J connectivity index is 1.85. The number of piperidine rings is 1. The number of halogens is 2. The van der Waals surface area contributed by atoms with E-state index in [-0.39, 0.29) is 25.3 Å². The van der Waals surface area contributed by atoms with Gasteiger partial charge < -0.3 is 10.2 Å². The van der Waals surface area contributed by atoms with E-state index in [1.54, 1.807) is 30.3 Å². The summed E-state index contributed by atoms with van der Waals surface area (Å²) in [5, 5.41) is 2.45. The average Bonchev–Trinajstić information content (AvgIpc) is 2.44. The Morgan fingerprint density at radius 3 is 2.60 bits per heavy atom. The van der Waals surface area contributed by atoms with Crippen molar-refractivity contribution in [3.8, 4) is 0 Å². The standard InChI is InChI=1S/C14H16F2N2O2/c15-14(16)7-4-8-18(10-14)12(19)9-17-13(20)11-5-2-1-3-6-11/h1-3,5-6H,4,7-10H2,(H,17,20). The highest BCUT2D eigenvalue weighted by Crippen LogP contribution is 2.26. The summed E-state index contributed by atoms with van der Waals surface area (Å²) >= 11 is 0. The van der Waals surface area contributed by atoms with Crippen molar-refractivity contribution in [3.63, 3.8) is 0 Å². The molecule has 0 radical (unpaired) electrons. The molecule has 0 unspecified atom stereocenters. The predicted molar refractivity (Wildman–Crippen MR) is 69.5 cm³/mol. The van der Waals surface area contributed by atoms with Crippen LogP contribution in [-0.4, -0.2) is 42.3 Å². The van der Waals surface area contributed by atoms with Crippen LogP contribution in [0.25, 0.3) is 0 Å². The van der Waals surface area contributed by atoms with E-state index in [4.69, 9.17) is 0 Å². The number of likely N-dealkylation sites (tertiary alicyclic amines) is 1.